The first kappa shape index (κ1) is 24.7. The average Bonchev–Trinajstić information content (AvgIpc) is 3.39. The van der Waals surface area contributed by atoms with Crippen LogP contribution in [0.3, 0.4) is 0 Å². The molecule has 3 rings (SSSR count). The molecule has 2 aromatic rings. The summed E-state index contributed by atoms with van der Waals surface area (Å²) < 4.78 is 1.89. The lowest BCUT2D eigenvalue weighted by Gasteiger charge is -2.22. The molecule has 166 valence electrons. The number of nitrogens with zero attached hydrogens (tertiary/aromatic N) is 5. The van der Waals surface area contributed by atoms with Crippen molar-refractivity contribution in [1.82, 2.24) is 24.9 Å². The third-order valence-corrected chi connectivity index (χ3v) is 5.72. The van der Waals surface area contributed by atoms with E-state index in [-0.39, 0.29) is 24.0 Å². The predicted molar refractivity (Wildman–Crippen MR) is 135 cm³/mol. The average molecular weight is 524 g/mol. The van der Waals surface area contributed by atoms with E-state index in [1.54, 1.807) is 0 Å². The molecule has 0 amide bonds. The van der Waals surface area contributed by atoms with Gasteiger partial charge in [-0.25, -0.2) is 4.99 Å². The molecule has 0 saturated carbocycles. The Morgan fingerprint density at radius 2 is 2.00 bits per heavy atom. The maximum Gasteiger partial charge on any atom is 0.194 e. The third kappa shape index (κ3) is 6.70. The maximum atomic E-state index is 4.96. The number of rotatable bonds is 8. The second-order valence-electron chi connectivity index (χ2n) is 7.83. The van der Waals surface area contributed by atoms with Crippen LogP contribution in [0.15, 0.2) is 41.7 Å². The minimum Gasteiger partial charge on any atom is -0.357 e. The van der Waals surface area contributed by atoms with E-state index in [1.807, 2.05) is 17.9 Å². The van der Waals surface area contributed by atoms with Gasteiger partial charge in [-0.1, -0.05) is 38.1 Å². The van der Waals surface area contributed by atoms with Crippen molar-refractivity contribution in [1.29, 1.82) is 0 Å². The van der Waals surface area contributed by atoms with Gasteiger partial charge in [-0.2, -0.15) is 5.10 Å². The molecule has 1 aliphatic rings. The fourth-order valence-corrected chi connectivity index (χ4v) is 4.00. The summed E-state index contributed by atoms with van der Waals surface area (Å²) in [6.07, 6.45) is 5.29. The van der Waals surface area contributed by atoms with Gasteiger partial charge in [-0.05, 0) is 43.1 Å². The van der Waals surface area contributed by atoms with E-state index in [2.05, 4.69) is 71.4 Å². The highest BCUT2D eigenvalue weighted by Crippen LogP contribution is 2.26. The van der Waals surface area contributed by atoms with Gasteiger partial charge in [0.1, 0.15) is 0 Å². The summed E-state index contributed by atoms with van der Waals surface area (Å²) in [5.74, 6) is 1.55. The van der Waals surface area contributed by atoms with Crippen LogP contribution < -0.4 is 5.32 Å². The molecule has 2 heterocycles. The second kappa shape index (κ2) is 12.3. The van der Waals surface area contributed by atoms with Crippen LogP contribution >= 0.6 is 24.0 Å². The molecule has 7 heteroatoms. The lowest BCUT2D eigenvalue weighted by Crippen LogP contribution is -2.40. The summed E-state index contributed by atoms with van der Waals surface area (Å²) in [6, 6.07) is 8.86. The van der Waals surface area contributed by atoms with Gasteiger partial charge in [0.15, 0.2) is 5.96 Å². The van der Waals surface area contributed by atoms with E-state index in [1.165, 1.54) is 16.7 Å². The summed E-state index contributed by atoms with van der Waals surface area (Å²) >= 11 is 0. The fraction of sp³-hybridized carbons (Fsp3) is 0.565. The molecule has 0 bridgehead atoms. The highest BCUT2D eigenvalue weighted by atomic mass is 127. The van der Waals surface area contributed by atoms with Crippen LogP contribution in [-0.2, 0) is 20.1 Å². The zero-order valence-corrected chi connectivity index (χ0v) is 21.2. The van der Waals surface area contributed by atoms with Gasteiger partial charge in [-0.15, -0.1) is 24.0 Å². The van der Waals surface area contributed by atoms with Crippen molar-refractivity contribution in [3.63, 3.8) is 0 Å². The Bertz CT molecular complexity index is 798. The van der Waals surface area contributed by atoms with Crippen LogP contribution in [0, 0.1) is 0 Å². The van der Waals surface area contributed by atoms with Gasteiger partial charge < -0.3 is 10.2 Å². The van der Waals surface area contributed by atoms with Gasteiger partial charge in [-0.3, -0.25) is 9.58 Å². The molecule has 6 nitrogen and oxygen atoms in total. The van der Waals surface area contributed by atoms with Crippen molar-refractivity contribution in [2.24, 2.45) is 12.0 Å². The first-order chi connectivity index (χ1) is 14.1. The van der Waals surface area contributed by atoms with E-state index in [0.29, 0.717) is 12.5 Å². The van der Waals surface area contributed by atoms with Gasteiger partial charge in [0.2, 0.25) is 0 Å². The number of guanidine groups is 1. The number of halogens is 1. The smallest absolute Gasteiger partial charge is 0.194 e. The first-order valence-electron chi connectivity index (χ1n) is 10.9. The number of likely N-dealkylation sites (tertiary alicyclic amines) is 1. The van der Waals surface area contributed by atoms with Crippen LogP contribution in [0.1, 0.15) is 49.8 Å². The second-order valence-corrected chi connectivity index (χ2v) is 7.83. The molecule has 1 fully saturated rings. The van der Waals surface area contributed by atoms with Crippen molar-refractivity contribution < 1.29 is 0 Å². The van der Waals surface area contributed by atoms with Gasteiger partial charge in [0.05, 0.1) is 12.7 Å². The van der Waals surface area contributed by atoms with E-state index in [0.717, 1.165) is 51.6 Å². The van der Waals surface area contributed by atoms with E-state index in [9.17, 15) is 0 Å². The Kier molecular flexibility index (Phi) is 10.1. The molecule has 1 saturated heterocycles. The van der Waals surface area contributed by atoms with Crippen LogP contribution in [0.2, 0.25) is 0 Å². The molecule has 0 radical (unpaired) electrons. The Hall–Kier alpha value is -1.61. The molecular formula is C23H37IN6. The Morgan fingerprint density at radius 3 is 2.67 bits per heavy atom. The number of hydrogen-bond acceptors (Lipinski definition) is 3. The van der Waals surface area contributed by atoms with Crippen LogP contribution in [-0.4, -0.2) is 58.3 Å². The summed E-state index contributed by atoms with van der Waals surface area (Å²) in [7, 11) is 1.98. The van der Waals surface area contributed by atoms with Crippen molar-refractivity contribution in [2.75, 3.05) is 32.7 Å². The zero-order valence-electron chi connectivity index (χ0n) is 18.8. The Labute approximate surface area is 198 Å². The largest absolute Gasteiger partial charge is 0.357 e. The van der Waals surface area contributed by atoms with E-state index in [4.69, 9.17) is 4.99 Å². The Morgan fingerprint density at radius 1 is 1.23 bits per heavy atom. The van der Waals surface area contributed by atoms with Crippen molar-refractivity contribution in [3.05, 3.63) is 53.3 Å². The summed E-state index contributed by atoms with van der Waals surface area (Å²) in [5, 5.41) is 7.82. The van der Waals surface area contributed by atoms with Crippen LogP contribution in [0.4, 0.5) is 0 Å². The number of aliphatic imine (C=N–C) groups is 1. The molecule has 1 aliphatic heterocycles. The monoisotopic (exact) mass is 524 g/mol. The maximum absolute atomic E-state index is 4.96. The highest BCUT2D eigenvalue weighted by Gasteiger charge is 2.26. The molecule has 1 aromatic heterocycles. The normalized spacial score (nSPS) is 16.8. The molecule has 30 heavy (non-hydrogen) atoms. The summed E-state index contributed by atoms with van der Waals surface area (Å²) in [4.78, 5) is 9.79. The SMILES string of the molecule is CCNC(=NCc1cccc(CN(CC)CC)c1)N1CCC(c2cnn(C)c2)C1.I. The van der Waals surface area contributed by atoms with Crippen molar-refractivity contribution in [2.45, 2.75) is 46.2 Å². The number of aryl methyl sites for hydroxylation is 1. The van der Waals surface area contributed by atoms with Crippen LogP contribution in [0.25, 0.3) is 0 Å². The number of nitrogens with one attached hydrogen (secondary N) is 1. The fourth-order valence-electron chi connectivity index (χ4n) is 4.00. The highest BCUT2D eigenvalue weighted by molar-refractivity contribution is 14.0. The van der Waals surface area contributed by atoms with E-state index >= 15 is 0 Å². The topological polar surface area (TPSA) is 48.7 Å². The van der Waals surface area contributed by atoms with Gasteiger partial charge in [0.25, 0.3) is 0 Å². The number of benzene rings is 1. The predicted octanol–water partition coefficient (Wildman–Crippen LogP) is 3.83. The standard InChI is InChI=1S/C23H36N6.HI/c1-5-24-23(29-12-11-21(18-29)22-15-26-27(4)17-22)25-14-19-9-8-10-20(13-19)16-28(6-2)7-3;/h8-10,13,15,17,21H,5-7,11-12,14,16,18H2,1-4H3,(H,24,25);1H. The lowest BCUT2D eigenvalue weighted by molar-refractivity contribution is 0.296. The molecule has 0 spiro atoms. The molecule has 1 unspecified atom stereocenters. The van der Waals surface area contributed by atoms with Gasteiger partial charge in [0, 0.05) is 45.3 Å². The lowest BCUT2D eigenvalue weighted by atomic mass is 10.0. The van der Waals surface area contributed by atoms with Crippen LogP contribution in [0.5, 0.6) is 0 Å². The molecular weight excluding hydrogens is 487 g/mol. The minimum absolute atomic E-state index is 0. The first-order valence-corrected chi connectivity index (χ1v) is 10.9. The molecule has 0 aliphatic carbocycles. The third-order valence-electron chi connectivity index (χ3n) is 5.72. The quantitative estimate of drug-likeness (QED) is 0.324. The minimum atomic E-state index is 0. The van der Waals surface area contributed by atoms with Gasteiger partial charge >= 0.3 is 0 Å². The Balaban J connectivity index is 0.00000320. The summed E-state index contributed by atoms with van der Waals surface area (Å²) in [5.41, 5.74) is 3.97. The number of aromatic nitrogens is 2. The molecule has 1 aromatic carbocycles. The van der Waals surface area contributed by atoms with Crippen molar-refractivity contribution >= 4 is 29.9 Å². The van der Waals surface area contributed by atoms with Crippen molar-refractivity contribution in [3.8, 4) is 0 Å². The molecule has 1 N–H and O–H groups in total. The molecule has 1 atom stereocenters. The summed E-state index contributed by atoms with van der Waals surface area (Å²) in [6.45, 7) is 13.4. The zero-order chi connectivity index (χ0) is 20.6. The van der Waals surface area contributed by atoms with E-state index < -0.39 is 0 Å². The number of hydrogen-bond donors (Lipinski definition) is 1.